The zero-order chi connectivity index (χ0) is 13.1. The van der Waals surface area contributed by atoms with Gasteiger partial charge in [0, 0.05) is 36.1 Å². The van der Waals surface area contributed by atoms with Gasteiger partial charge in [-0.2, -0.15) is 0 Å². The fourth-order valence-corrected chi connectivity index (χ4v) is 2.07. The summed E-state index contributed by atoms with van der Waals surface area (Å²) in [4.78, 5) is 13.1. The van der Waals surface area contributed by atoms with Crippen LogP contribution in [0.15, 0.2) is 48.9 Å². The maximum Gasteiger partial charge on any atom is 0.152 e. The maximum absolute atomic E-state index is 4.43. The van der Waals surface area contributed by atoms with Gasteiger partial charge in [-0.25, -0.2) is 4.98 Å². The molecule has 4 nitrogen and oxygen atoms in total. The molecule has 4 heteroatoms. The van der Waals surface area contributed by atoms with Crippen molar-refractivity contribution in [2.24, 2.45) is 0 Å². The van der Waals surface area contributed by atoms with Crippen molar-refractivity contribution < 1.29 is 0 Å². The largest absolute Gasteiger partial charge is 0.369 e. The van der Waals surface area contributed by atoms with E-state index < -0.39 is 0 Å². The quantitative estimate of drug-likeness (QED) is 0.776. The topological polar surface area (TPSA) is 50.7 Å². The van der Waals surface area contributed by atoms with Crippen LogP contribution in [-0.4, -0.2) is 21.5 Å². The summed E-state index contributed by atoms with van der Waals surface area (Å²) in [5.74, 6) is 0.813. The summed E-state index contributed by atoms with van der Waals surface area (Å²) in [7, 11) is 0. The lowest BCUT2D eigenvalue weighted by Crippen LogP contribution is -2.02. The van der Waals surface area contributed by atoms with Crippen LogP contribution in [0, 0.1) is 0 Å². The van der Waals surface area contributed by atoms with Crippen molar-refractivity contribution in [3.63, 3.8) is 0 Å². The summed E-state index contributed by atoms with van der Waals surface area (Å²) in [6.45, 7) is 2.86. The van der Waals surface area contributed by atoms with Crippen molar-refractivity contribution >= 4 is 16.7 Å². The normalized spacial score (nSPS) is 10.6. The summed E-state index contributed by atoms with van der Waals surface area (Å²) < 4.78 is 0. The van der Waals surface area contributed by atoms with E-state index in [-0.39, 0.29) is 0 Å². The molecule has 1 N–H and O–H groups in total. The number of nitrogens with one attached hydrogen (secondary N) is 1. The SMILES string of the molecule is CCNc1nccnc1-c1ccc2ncccc2c1. The van der Waals surface area contributed by atoms with E-state index in [0.29, 0.717) is 0 Å². The number of anilines is 1. The van der Waals surface area contributed by atoms with E-state index in [1.807, 2.05) is 25.1 Å². The zero-order valence-corrected chi connectivity index (χ0v) is 10.7. The summed E-state index contributed by atoms with van der Waals surface area (Å²) in [5.41, 5.74) is 2.90. The molecular weight excluding hydrogens is 236 g/mol. The highest BCUT2D eigenvalue weighted by atomic mass is 15.0. The highest BCUT2D eigenvalue weighted by Crippen LogP contribution is 2.26. The van der Waals surface area contributed by atoms with Crippen molar-refractivity contribution in [1.29, 1.82) is 0 Å². The molecule has 19 heavy (non-hydrogen) atoms. The molecule has 0 aliphatic rings. The minimum absolute atomic E-state index is 0.813. The maximum atomic E-state index is 4.43. The number of hydrogen-bond acceptors (Lipinski definition) is 4. The molecule has 0 radical (unpaired) electrons. The number of hydrogen-bond donors (Lipinski definition) is 1. The average molecular weight is 250 g/mol. The van der Waals surface area contributed by atoms with Crippen LogP contribution in [0.25, 0.3) is 22.2 Å². The van der Waals surface area contributed by atoms with Crippen molar-refractivity contribution in [2.75, 3.05) is 11.9 Å². The number of rotatable bonds is 3. The van der Waals surface area contributed by atoms with Gasteiger partial charge >= 0.3 is 0 Å². The first-order chi connectivity index (χ1) is 9.38. The van der Waals surface area contributed by atoms with Crippen LogP contribution in [0.5, 0.6) is 0 Å². The number of fused-ring (bicyclic) bond motifs is 1. The van der Waals surface area contributed by atoms with E-state index in [1.54, 1.807) is 18.6 Å². The predicted octanol–water partition coefficient (Wildman–Crippen LogP) is 3.12. The van der Waals surface area contributed by atoms with Crippen molar-refractivity contribution in [3.8, 4) is 11.3 Å². The predicted molar refractivity (Wildman–Crippen MR) is 76.9 cm³/mol. The van der Waals surface area contributed by atoms with E-state index in [1.165, 1.54) is 0 Å². The molecule has 2 heterocycles. The molecule has 0 amide bonds. The van der Waals surface area contributed by atoms with E-state index in [0.717, 1.165) is 34.5 Å². The molecular formula is C15H14N4. The average Bonchev–Trinajstić information content (AvgIpc) is 2.48. The lowest BCUT2D eigenvalue weighted by atomic mass is 10.1. The van der Waals surface area contributed by atoms with E-state index in [9.17, 15) is 0 Å². The van der Waals surface area contributed by atoms with Crippen LogP contribution >= 0.6 is 0 Å². The van der Waals surface area contributed by atoms with E-state index in [4.69, 9.17) is 0 Å². The minimum Gasteiger partial charge on any atom is -0.369 e. The van der Waals surface area contributed by atoms with Crippen molar-refractivity contribution in [2.45, 2.75) is 6.92 Å². The third-order valence-corrected chi connectivity index (χ3v) is 2.92. The van der Waals surface area contributed by atoms with Gasteiger partial charge in [0.1, 0.15) is 5.69 Å². The van der Waals surface area contributed by atoms with Crippen molar-refractivity contribution in [1.82, 2.24) is 15.0 Å². The second-order valence-electron chi connectivity index (χ2n) is 4.19. The number of benzene rings is 1. The van der Waals surface area contributed by atoms with Gasteiger partial charge in [-0.15, -0.1) is 0 Å². The molecule has 3 rings (SSSR count). The Morgan fingerprint density at radius 2 is 1.89 bits per heavy atom. The molecule has 0 saturated carbocycles. The molecule has 0 spiro atoms. The first kappa shape index (κ1) is 11.6. The fraction of sp³-hybridized carbons (Fsp3) is 0.133. The molecule has 0 aliphatic carbocycles. The van der Waals surface area contributed by atoms with Gasteiger partial charge in [-0.3, -0.25) is 9.97 Å². The molecule has 2 aromatic heterocycles. The molecule has 0 aliphatic heterocycles. The Hall–Kier alpha value is -2.49. The molecule has 0 saturated heterocycles. The smallest absolute Gasteiger partial charge is 0.152 e. The Bertz CT molecular complexity index is 709. The fourth-order valence-electron chi connectivity index (χ4n) is 2.07. The summed E-state index contributed by atoms with van der Waals surface area (Å²) >= 11 is 0. The molecule has 0 atom stereocenters. The van der Waals surface area contributed by atoms with Crippen molar-refractivity contribution in [3.05, 3.63) is 48.9 Å². The number of pyridine rings is 1. The molecule has 3 aromatic rings. The number of nitrogens with zero attached hydrogens (tertiary/aromatic N) is 3. The van der Waals surface area contributed by atoms with E-state index >= 15 is 0 Å². The van der Waals surface area contributed by atoms with Gasteiger partial charge < -0.3 is 5.32 Å². The van der Waals surface area contributed by atoms with Gasteiger partial charge in [0.05, 0.1) is 5.52 Å². The van der Waals surface area contributed by atoms with Crippen LogP contribution in [-0.2, 0) is 0 Å². The Morgan fingerprint density at radius 1 is 1.00 bits per heavy atom. The van der Waals surface area contributed by atoms with Gasteiger partial charge in [-0.1, -0.05) is 12.1 Å². The third-order valence-electron chi connectivity index (χ3n) is 2.92. The molecule has 0 unspecified atom stereocenters. The third kappa shape index (κ3) is 2.25. The summed E-state index contributed by atoms with van der Waals surface area (Å²) in [6.07, 6.45) is 5.21. The zero-order valence-electron chi connectivity index (χ0n) is 10.7. The van der Waals surface area contributed by atoms with Gasteiger partial charge in [0.25, 0.3) is 0 Å². The Kier molecular flexibility index (Phi) is 3.06. The second-order valence-corrected chi connectivity index (χ2v) is 4.19. The molecule has 0 bridgehead atoms. The Morgan fingerprint density at radius 3 is 2.79 bits per heavy atom. The van der Waals surface area contributed by atoms with Gasteiger partial charge in [0.15, 0.2) is 5.82 Å². The van der Waals surface area contributed by atoms with Crippen LogP contribution in [0.1, 0.15) is 6.92 Å². The molecule has 94 valence electrons. The first-order valence-electron chi connectivity index (χ1n) is 6.28. The summed E-state index contributed by atoms with van der Waals surface area (Å²) in [6, 6.07) is 10.1. The van der Waals surface area contributed by atoms with Crippen LogP contribution in [0.2, 0.25) is 0 Å². The lowest BCUT2D eigenvalue weighted by Gasteiger charge is -2.08. The minimum atomic E-state index is 0.813. The molecule has 0 fully saturated rings. The highest BCUT2D eigenvalue weighted by Gasteiger charge is 2.07. The first-order valence-corrected chi connectivity index (χ1v) is 6.28. The van der Waals surface area contributed by atoms with Gasteiger partial charge in [0.2, 0.25) is 0 Å². The van der Waals surface area contributed by atoms with Crippen LogP contribution in [0.3, 0.4) is 0 Å². The summed E-state index contributed by atoms with van der Waals surface area (Å²) in [5, 5.41) is 4.34. The highest BCUT2D eigenvalue weighted by molar-refractivity contribution is 5.85. The molecule has 1 aromatic carbocycles. The monoisotopic (exact) mass is 250 g/mol. The Balaban J connectivity index is 2.13. The van der Waals surface area contributed by atoms with E-state index in [2.05, 4.69) is 32.4 Å². The standard InChI is InChI=1S/C15H14N4/c1-2-16-15-14(18-8-9-19-15)12-5-6-13-11(10-12)4-3-7-17-13/h3-10H,2H2,1H3,(H,16,19). The van der Waals surface area contributed by atoms with Crippen LogP contribution < -0.4 is 5.32 Å². The number of aromatic nitrogens is 3. The van der Waals surface area contributed by atoms with Gasteiger partial charge in [-0.05, 0) is 25.1 Å². The Labute approximate surface area is 111 Å². The lowest BCUT2D eigenvalue weighted by molar-refractivity contribution is 1.12. The van der Waals surface area contributed by atoms with Crippen LogP contribution in [0.4, 0.5) is 5.82 Å². The second kappa shape index (κ2) is 5.02.